The standard InChI is InChI=1S/C22H27F3N2O2/c1-3-27(4-2)14-18-7-5-17(6-8-18)13-26-21(28)20-11-9-19(10-12-20)15-29-16-22(23,24)25/h5-12H,3-4,13-16H2,1-2H3,(H,26,28). The summed E-state index contributed by atoms with van der Waals surface area (Å²) in [7, 11) is 0. The van der Waals surface area contributed by atoms with Crippen molar-refractivity contribution >= 4 is 5.91 Å². The van der Waals surface area contributed by atoms with Gasteiger partial charge in [0.05, 0.1) is 6.61 Å². The second-order valence-corrected chi connectivity index (χ2v) is 6.77. The normalized spacial score (nSPS) is 11.7. The van der Waals surface area contributed by atoms with Crippen LogP contribution in [0.2, 0.25) is 0 Å². The number of halogens is 3. The zero-order valence-corrected chi connectivity index (χ0v) is 16.8. The fourth-order valence-corrected chi connectivity index (χ4v) is 2.79. The molecule has 0 fully saturated rings. The number of benzene rings is 2. The maximum Gasteiger partial charge on any atom is 0.411 e. The summed E-state index contributed by atoms with van der Waals surface area (Å²) in [5, 5.41) is 2.85. The quantitative estimate of drug-likeness (QED) is 0.628. The Morgan fingerprint density at radius 1 is 0.931 bits per heavy atom. The van der Waals surface area contributed by atoms with Gasteiger partial charge in [-0.05, 0) is 41.9 Å². The van der Waals surface area contributed by atoms with Crippen molar-refractivity contribution in [3.63, 3.8) is 0 Å². The molecule has 0 saturated carbocycles. The number of amides is 1. The molecule has 7 heteroatoms. The molecular formula is C22H27F3N2O2. The van der Waals surface area contributed by atoms with E-state index < -0.39 is 12.8 Å². The molecule has 0 unspecified atom stereocenters. The fraction of sp³-hybridized carbons (Fsp3) is 0.409. The van der Waals surface area contributed by atoms with Crippen molar-refractivity contribution in [1.29, 1.82) is 0 Å². The first kappa shape index (κ1) is 22.9. The van der Waals surface area contributed by atoms with Crippen molar-refractivity contribution < 1.29 is 22.7 Å². The lowest BCUT2D eigenvalue weighted by molar-refractivity contribution is -0.176. The van der Waals surface area contributed by atoms with E-state index >= 15 is 0 Å². The van der Waals surface area contributed by atoms with Crippen LogP contribution in [0.3, 0.4) is 0 Å². The number of nitrogens with one attached hydrogen (secondary N) is 1. The number of ether oxygens (including phenoxy) is 1. The molecule has 0 heterocycles. The highest BCUT2D eigenvalue weighted by Gasteiger charge is 2.27. The molecule has 158 valence electrons. The summed E-state index contributed by atoms with van der Waals surface area (Å²) in [6, 6.07) is 14.5. The monoisotopic (exact) mass is 408 g/mol. The smallest absolute Gasteiger partial charge is 0.367 e. The average molecular weight is 408 g/mol. The molecule has 0 aliphatic heterocycles. The molecule has 4 nitrogen and oxygen atoms in total. The fourth-order valence-electron chi connectivity index (χ4n) is 2.79. The van der Waals surface area contributed by atoms with Crippen molar-refractivity contribution in [2.75, 3.05) is 19.7 Å². The van der Waals surface area contributed by atoms with Crippen LogP contribution in [0.4, 0.5) is 13.2 Å². The summed E-state index contributed by atoms with van der Waals surface area (Å²) < 4.78 is 40.9. The van der Waals surface area contributed by atoms with E-state index in [1.807, 2.05) is 12.1 Å². The lowest BCUT2D eigenvalue weighted by atomic mass is 10.1. The van der Waals surface area contributed by atoms with Crippen LogP contribution in [0.25, 0.3) is 0 Å². The molecule has 29 heavy (non-hydrogen) atoms. The van der Waals surface area contributed by atoms with E-state index in [9.17, 15) is 18.0 Å². The van der Waals surface area contributed by atoms with Crippen LogP contribution in [-0.2, 0) is 24.4 Å². The van der Waals surface area contributed by atoms with Gasteiger partial charge in [0, 0.05) is 18.7 Å². The first-order valence-electron chi connectivity index (χ1n) is 9.62. The zero-order chi connectivity index (χ0) is 21.3. The minimum Gasteiger partial charge on any atom is -0.367 e. The zero-order valence-electron chi connectivity index (χ0n) is 16.8. The van der Waals surface area contributed by atoms with Gasteiger partial charge in [0.25, 0.3) is 5.91 Å². The van der Waals surface area contributed by atoms with Gasteiger partial charge in [-0.2, -0.15) is 13.2 Å². The molecule has 0 atom stereocenters. The van der Waals surface area contributed by atoms with Crippen LogP contribution in [0.5, 0.6) is 0 Å². The van der Waals surface area contributed by atoms with Crippen LogP contribution in [-0.4, -0.2) is 36.7 Å². The Kier molecular flexibility index (Phi) is 8.67. The number of nitrogens with zero attached hydrogens (tertiary/aromatic N) is 1. The summed E-state index contributed by atoms with van der Waals surface area (Å²) in [5.41, 5.74) is 3.25. The third kappa shape index (κ3) is 8.25. The summed E-state index contributed by atoms with van der Waals surface area (Å²) >= 11 is 0. The Morgan fingerprint density at radius 3 is 2.03 bits per heavy atom. The number of carbonyl (C=O) groups excluding carboxylic acids is 1. The molecule has 2 aromatic rings. The molecule has 0 spiro atoms. The molecule has 2 aromatic carbocycles. The van der Waals surface area contributed by atoms with Crippen LogP contribution in [0.1, 0.15) is 40.9 Å². The molecule has 2 rings (SSSR count). The summed E-state index contributed by atoms with van der Waals surface area (Å²) in [4.78, 5) is 14.6. The average Bonchev–Trinajstić information content (AvgIpc) is 2.70. The lowest BCUT2D eigenvalue weighted by Crippen LogP contribution is -2.23. The minimum absolute atomic E-state index is 0.152. The van der Waals surface area contributed by atoms with Crippen LogP contribution >= 0.6 is 0 Å². The number of hydrogen-bond acceptors (Lipinski definition) is 3. The predicted molar refractivity (Wildman–Crippen MR) is 106 cm³/mol. The van der Waals surface area contributed by atoms with Crippen molar-refractivity contribution in [2.24, 2.45) is 0 Å². The molecule has 0 bridgehead atoms. The van der Waals surface area contributed by atoms with E-state index in [0.717, 1.165) is 25.2 Å². The van der Waals surface area contributed by atoms with Gasteiger partial charge in [-0.15, -0.1) is 0 Å². The second kappa shape index (κ2) is 11.0. The van der Waals surface area contributed by atoms with Gasteiger partial charge in [-0.3, -0.25) is 9.69 Å². The van der Waals surface area contributed by atoms with Crippen molar-refractivity contribution in [1.82, 2.24) is 10.2 Å². The van der Waals surface area contributed by atoms with E-state index in [4.69, 9.17) is 0 Å². The van der Waals surface area contributed by atoms with Gasteiger partial charge < -0.3 is 10.1 Å². The number of rotatable bonds is 10. The Hall–Kier alpha value is -2.38. The summed E-state index contributed by atoms with van der Waals surface area (Å²) in [6.45, 7) is 6.14. The van der Waals surface area contributed by atoms with Gasteiger partial charge in [-0.1, -0.05) is 50.2 Å². The molecule has 1 N–H and O–H groups in total. The minimum atomic E-state index is -4.34. The topological polar surface area (TPSA) is 41.6 Å². The SMILES string of the molecule is CCN(CC)Cc1ccc(CNC(=O)c2ccc(COCC(F)(F)F)cc2)cc1. The number of carbonyl (C=O) groups is 1. The highest BCUT2D eigenvalue weighted by atomic mass is 19.4. The molecule has 1 amide bonds. The number of hydrogen-bond donors (Lipinski definition) is 1. The Labute approximate surface area is 169 Å². The van der Waals surface area contributed by atoms with E-state index in [1.54, 1.807) is 24.3 Å². The highest BCUT2D eigenvalue weighted by molar-refractivity contribution is 5.94. The molecular weight excluding hydrogens is 381 g/mol. The van der Waals surface area contributed by atoms with Crippen molar-refractivity contribution in [3.8, 4) is 0 Å². The maximum absolute atomic E-state index is 12.3. The second-order valence-electron chi connectivity index (χ2n) is 6.77. The Morgan fingerprint density at radius 2 is 1.48 bits per heavy atom. The number of alkyl halides is 3. The van der Waals surface area contributed by atoms with Crippen molar-refractivity contribution in [2.45, 2.75) is 39.7 Å². The highest BCUT2D eigenvalue weighted by Crippen LogP contribution is 2.16. The largest absolute Gasteiger partial charge is 0.411 e. The van der Waals surface area contributed by atoms with E-state index in [2.05, 4.69) is 40.9 Å². The van der Waals surface area contributed by atoms with Gasteiger partial charge in [-0.25, -0.2) is 0 Å². The molecule has 0 aliphatic rings. The molecule has 0 saturated heterocycles. The first-order valence-corrected chi connectivity index (χ1v) is 9.62. The van der Waals surface area contributed by atoms with Gasteiger partial charge in [0.2, 0.25) is 0 Å². The van der Waals surface area contributed by atoms with E-state index in [-0.39, 0.29) is 12.5 Å². The van der Waals surface area contributed by atoms with Crippen molar-refractivity contribution in [3.05, 3.63) is 70.8 Å². The third-order valence-electron chi connectivity index (χ3n) is 4.53. The van der Waals surface area contributed by atoms with Gasteiger partial charge in [0.1, 0.15) is 6.61 Å². The lowest BCUT2D eigenvalue weighted by Gasteiger charge is -2.18. The Bertz CT molecular complexity index is 755. The van der Waals surface area contributed by atoms with Gasteiger partial charge in [0.15, 0.2) is 0 Å². The van der Waals surface area contributed by atoms with Gasteiger partial charge >= 0.3 is 6.18 Å². The van der Waals surface area contributed by atoms with Crippen LogP contribution in [0, 0.1) is 0 Å². The summed E-state index contributed by atoms with van der Waals surface area (Å²) in [5.74, 6) is -0.236. The molecule has 0 aliphatic carbocycles. The third-order valence-corrected chi connectivity index (χ3v) is 4.53. The maximum atomic E-state index is 12.3. The van der Waals surface area contributed by atoms with E-state index in [0.29, 0.717) is 17.7 Å². The molecule has 0 aromatic heterocycles. The van der Waals surface area contributed by atoms with Crippen LogP contribution in [0.15, 0.2) is 48.5 Å². The van der Waals surface area contributed by atoms with Crippen LogP contribution < -0.4 is 5.32 Å². The first-order chi connectivity index (χ1) is 13.8. The molecule has 0 radical (unpaired) electrons. The summed E-state index contributed by atoms with van der Waals surface area (Å²) in [6.07, 6.45) is -4.34. The Balaban J connectivity index is 1.81. The predicted octanol–water partition coefficient (Wildman–Crippen LogP) is 4.54. The van der Waals surface area contributed by atoms with E-state index in [1.165, 1.54) is 5.56 Å².